The van der Waals surface area contributed by atoms with Crippen molar-refractivity contribution in [3.63, 3.8) is 0 Å². The van der Waals surface area contributed by atoms with Crippen LogP contribution in [0.15, 0.2) is 18.2 Å². The Morgan fingerprint density at radius 2 is 2.08 bits per heavy atom. The summed E-state index contributed by atoms with van der Waals surface area (Å²) >= 11 is 0. The summed E-state index contributed by atoms with van der Waals surface area (Å²) in [5, 5.41) is 1.19. The van der Waals surface area contributed by atoms with Crippen molar-refractivity contribution in [3.05, 3.63) is 29.5 Å². The zero-order valence-corrected chi connectivity index (χ0v) is 15.1. The molecule has 5 heteroatoms. The van der Waals surface area contributed by atoms with Crippen LogP contribution in [-0.4, -0.2) is 41.8 Å². The van der Waals surface area contributed by atoms with Gasteiger partial charge in [0.25, 0.3) is 0 Å². The maximum Gasteiger partial charge on any atom is 0.410 e. The summed E-state index contributed by atoms with van der Waals surface area (Å²) in [5.41, 5.74) is 3.21. The summed E-state index contributed by atoms with van der Waals surface area (Å²) in [6.45, 7) is 5.68. The van der Waals surface area contributed by atoms with Crippen LogP contribution in [0.2, 0.25) is 0 Å². The predicted molar refractivity (Wildman–Crippen MR) is 94.7 cm³/mol. The second kappa shape index (κ2) is 6.04. The molecule has 1 N–H and O–H groups in total. The first-order chi connectivity index (χ1) is 11.3. The Bertz CT molecular complexity index is 758. The van der Waals surface area contributed by atoms with Crippen molar-refractivity contribution in [2.45, 2.75) is 51.7 Å². The summed E-state index contributed by atoms with van der Waals surface area (Å²) in [4.78, 5) is 17.6. The van der Waals surface area contributed by atoms with Crippen LogP contribution in [0, 0.1) is 0 Å². The lowest BCUT2D eigenvalue weighted by Crippen LogP contribution is -2.43. The number of methoxy groups -OCH3 is 1. The van der Waals surface area contributed by atoms with Gasteiger partial charge in [-0.15, -0.1) is 0 Å². The molecule has 1 aliphatic rings. The molecule has 2 aromatic rings. The monoisotopic (exact) mass is 330 g/mol. The van der Waals surface area contributed by atoms with Gasteiger partial charge in [-0.3, -0.25) is 0 Å². The van der Waals surface area contributed by atoms with Gasteiger partial charge in [-0.05, 0) is 63.8 Å². The topological polar surface area (TPSA) is 54.6 Å². The van der Waals surface area contributed by atoms with Crippen LogP contribution in [0.5, 0.6) is 5.75 Å². The van der Waals surface area contributed by atoms with Crippen molar-refractivity contribution in [3.8, 4) is 5.75 Å². The zero-order chi connectivity index (χ0) is 17.5. The zero-order valence-electron chi connectivity index (χ0n) is 15.1. The highest BCUT2D eigenvalue weighted by Gasteiger charge is 2.30. The van der Waals surface area contributed by atoms with E-state index in [1.807, 2.05) is 33.9 Å². The Balaban J connectivity index is 1.84. The molecule has 5 nitrogen and oxygen atoms in total. The standard InChI is InChI=1S/C19H26N2O3/c1-19(2,3)24-18(22)21(4)12-6-8-16-14(10-12)15-11-13(23-5)7-9-17(15)20-16/h7,9,11-12,20H,6,8,10H2,1-5H3. The fourth-order valence-corrected chi connectivity index (χ4v) is 3.32. The third-order valence-corrected chi connectivity index (χ3v) is 4.60. The first kappa shape index (κ1) is 16.7. The fourth-order valence-electron chi connectivity index (χ4n) is 3.32. The predicted octanol–water partition coefficient (Wildman–Crippen LogP) is 3.90. The Hall–Kier alpha value is -2.17. The summed E-state index contributed by atoms with van der Waals surface area (Å²) in [6.07, 6.45) is 2.45. The minimum absolute atomic E-state index is 0.151. The molecule has 24 heavy (non-hydrogen) atoms. The second-order valence-electron chi connectivity index (χ2n) is 7.48. The third kappa shape index (κ3) is 3.21. The molecule has 1 aromatic heterocycles. The van der Waals surface area contributed by atoms with Crippen molar-refractivity contribution in [2.24, 2.45) is 0 Å². The molecule has 130 valence electrons. The van der Waals surface area contributed by atoms with E-state index >= 15 is 0 Å². The van der Waals surface area contributed by atoms with E-state index in [0.29, 0.717) is 0 Å². The fraction of sp³-hybridized carbons (Fsp3) is 0.526. The number of fused-ring (bicyclic) bond motifs is 3. The molecular weight excluding hydrogens is 304 g/mol. The number of aryl methyl sites for hydroxylation is 1. The molecule has 1 aliphatic carbocycles. The minimum atomic E-state index is -0.473. The van der Waals surface area contributed by atoms with Gasteiger partial charge < -0.3 is 19.4 Å². The first-order valence-electron chi connectivity index (χ1n) is 8.42. The van der Waals surface area contributed by atoms with Gasteiger partial charge in [0.1, 0.15) is 11.4 Å². The number of amides is 1. The summed E-state index contributed by atoms with van der Waals surface area (Å²) in [6, 6.07) is 6.24. The van der Waals surface area contributed by atoms with E-state index in [1.54, 1.807) is 12.0 Å². The van der Waals surface area contributed by atoms with Gasteiger partial charge in [0.15, 0.2) is 0 Å². The van der Waals surface area contributed by atoms with E-state index in [2.05, 4.69) is 17.1 Å². The van der Waals surface area contributed by atoms with Crippen LogP contribution < -0.4 is 4.74 Å². The van der Waals surface area contributed by atoms with Gasteiger partial charge in [-0.1, -0.05) is 0 Å². The number of carbonyl (C=O) groups is 1. The van der Waals surface area contributed by atoms with Crippen molar-refractivity contribution in [1.82, 2.24) is 9.88 Å². The van der Waals surface area contributed by atoms with Crippen molar-refractivity contribution in [1.29, 1.82) is 0 Å². The number of nitrogens with zero attached hydrogens (tertiary/aromatic N) is 1. The number of aromatic nitrogens is 1. The van der Waals surface area contributed by atoms with Gasteiger partial charge in [0.2, 0.25) is 0 Å². The molecule has 0 radical (unpaired) electrons. The molecule has 1 atom stereocenters. The highest BCUT2D eigenvalue weighted by atomic mass is 16.6. The van der Waals surface area contributed by atoms with Crippen molar-refractivity contribution < 1.29 is 14.3 Å². The lowest BCUT2D eigenvalue weighted by Gasteiger charge is -2.33. The number of hydrogen-bond acceptors (Lipinski definition) is 3. The van der Waals surface area contributed by atoms with Crippen LogP contribution in [0.1, 0.15) is 38.4 Å². The van der Waals surface area contributed by atoms with E-state index in [4.69, 9.17) is 9.47 Å². The van der Waals surface area contributed by atoms with Crippen LogP contribution in [-0.2, 0) is 17.6 Å². The molecule has 0 fully saturated rings. The molecule has 1 aromatic carbocycles. The van der Waals surface area contributed by atoms with E-state index in [1.165, 1.54) is 16.6 Å². The van der Waals surface area contributed by atoms with E-state index < -0.39 is 5.60 Å². The molecule has 0 saturated carbocycles. The number of rotatable bonds is 2. The summed E-state index contributed by atoms with van der Waals surface area (Å²) < 4.78 is 10.9. The summed E-state index contributed by atoms with van der Waals surface area (Å²) in [7, 11) is 3.51. The Kier molecular flexibility index (Phi) is 4.20. The normalized spacial score (nSPS) is 17.5. The Morgan fingerprint density at radius 1 is 1.33 bits per heavy atom. The van der Waals surface area contributed by atoms with Crippen molar-refractivity contribution >= 4 is 17.0 Å². The van der Waals surface area contributed by atoms with Gasteiger partial charge >= 0.3 is 6.09 Å². The number of nitrogens with one attached hydrogen (secondary N) is 1. The number of benzene rings is 1. The van der Waals surface area contributed by atoms with Crippen LogP contribution >= 0.6 is 0 Å². The third-order valence-electron chi connectivity index (χ3n) is 4.60. The van der Waals surface area contributed by atoms with Crippen LogP contribution in [0.3, 0.4) is 0 Å². The van der Waals surface area contributed by atoms with Gasteiger partial charge in [-0.25, -0.2) is 4.79 Å². The number of carbonyl (C=O) groups excluding carboxylic acids is 1. The maximum absolute atomic E-state index is 12.3. The number of H-pyrrole nitrogens is 1. The molecule has 1 unspecified atom stereocenters. The lowest BCUT2D eigenvalue weighted by atomic mass is 9.91. The van der Waals surface area contributed by atoms with Crippen LogP contribution in [0.4, 0.5) is 4.79 Å². The highest BCUT2D eigenvalue weighted by Crippen LogP contribution is 2.33. The van der Waals surface area contributed by atoms with E-state index in [9.17, 15) is 4.79 Å². The Labute approximate surface area is 142 Å². The largest absolute Gasteiger partial charge is 0.497 e. The van der Waals surface area contributed by atoms with Crippen molar-refractivity contribution in [2.75, 3.05) is 14.2 Å². The van der Waals surface area contributed by atoms with Gasteiger partial charge in [0.05, 0.1) is 7.11 Å². The highest BCUT2D eigenvalue weighted by molar-refractivity contribution is 5.86. The van der Waals surface area contributed by atoms with E-state index in [-0.39, 0.29) is 12.1 Å². The molecule has 0 saturated heterocycles. The van der Waals surface area contributed by atoms with Gasteiger partial charge in [0, 0.05) is 29.7 Å². The minimum Gasteiger partial charge on any atom is -0.497 e. The first-order valence-corrected chi connectivity index (χ1v) is 8.42. The molecule has 1 heterocycles. The number of ether oxygens (including phenoxy) is 2. The maximum atomic E-state index is 12.3. The molecule has 0 spiro atoms. The SMILES string of the molecule is COc1ccc2[nH]c3c(c2c1)CC(N(C)C(=O)OC(C)(C)C)CC3. The average Bonchev–Trinajstić information content (AvgIpc) is 2.89. The lowest BCUT2D eigenvalue weighted by molar-refractivity contribution is 0.0210. The van der Waals surface area contributed by atoms with E-state index in [0.717, 1.165) is 30.5 Å². The summed E-state index contributed by atoms with van der Waals surface area (Å²) in [5.74, 6) is 0.854. The van der Waals surface area contributed by atoms with Crippen LogP contribution in [0.25, 0.3) is 10.9 Å². The quantitative estimate of drug-likeness (QED) is 0.908. The molecule has 0 bridgehead atoms. The molecular formula is C19H26N2O3. The smallest absolute Gasteiger partial charge is 0.410 e. The molecule has 1 amide bonds. The number of likely N-dealkylation sites (N-methyl/N-ethyl adjacent to an activating group) is 1. The average molecular weight is 330 g/mol. The number of hydrogen-bond donors (Lipinski definition) is 1. The second-order valence-corrected chi connectivity index (χ2v) is 7.48. The Morgan fingerprint density at radius 3 is 2.75 bits per heavy atom. The molecule has 0 aliphatic heterocycles. The number of aromatic amines is 1. The molecule has 3 rings (SSSR count). The van der Waals surface area contributed by atoms with Gasteiger partial charge in [-0.2, -0.15) is 0 Å².